The van der Waals surface area contributed by atoms with Crippen LogP contribution in [-0.2, 0) is 11.3 Å². The molecular weight excluding hydrogens is 314 g/mol. The summed E-state index contributed by atoms with van der Waals surface area (Å²) in [4.78, 5) is 14.6. The van der Waals surface area contributed by atoms with Crippen molar-refractivity contribution in [2.24, 2.45) is 0 Å². The van der Waals surface area contributed by atoms with Crippen LogP contribution in [0.1, 0.15) is 5.56 Å². The van der Waals surface area contributed by atoms with E-state index in [1.807, 2.05) is 43.3 Å². The van der Waals surface area contributed by atoms with Crippen molar-refractivity contribution in [3.05, 3.63) is 52.3 Å². The Morgan fingerprint density at radius 2 is 1.83 bits per heavy atom. The second-order valence-corrected chi connectivity index (χ2v) is 5.56. The number of ether oxygens (including phenoxy) is 1. The molecule has 0 aliphatic carbocycles. The summed E-state index contributed by atoms with van der Waals surface area (Å²) >= 11 is 0. The second kappa shape index (κ2) is 8.24. The Morgan fingerprint density at radius 1 is 1.13 bits per heavy atom. The zero-order valence-electron chi connectivity index (χ0n) is 13.3. The Bertz CT molecular complexity index is 682. The van der Waals surface area contributed by atoms with Crippen LogP contribution in [0.2, 0.25) is 0 Å². The van der Waals surface area contributed by atoms with E-state index >= 15 is 0 Å². The lowest BCUT2D eigenvalue weighted by Crippen LogP contribution is -2.40. The van der Waals surface area contributed by atoms with E-state index < -0.39 is 0 Å². The molecule has 0 bridgehead atoms. The molecule has 0 radical (unpaired) electrons. The third kappa shape index (κ3) is 4.41. The number of rotatable bonds is 4. The first-order valence-corrected chi connectivity index (χ1v) is 7.68. The Balaban J connectivity index is 0.00000192. The minimum absolute atomic E-state index is 0. The van der Waals surface area contributed by atoms with Crippen molar-refractivity contribution in [1.29, 1.82) is 0 Å². The molecule has 1 aromatic heterocycles. The van der Waals surface area contributed by atoms with Crippen LogP contribution >= 0.6 is 12.4 Å². The fourth-order valence-electron chi connectivity index (χ4n) is 2.64. The zero-order valence-corrected chi connectivity index (χ0v) is 14.1. The SMILES string of the molecule is Cc1cc(-c2ccccc2)nn(CCN2CCOCC2)c1=O.Cl. The average molecular weight is 336 g/mol. The Kier molecular flexibility index (Phi) is 6.33. The number of hydrogen-bond acceptors (Lipinski definition) is 4. The summed E-state index contributed by atoms with van der Waals surface area (Å²) in [6, 6.07) is 11.8. The number of benzene rings is 1. The van der Waals surface area contributed by atoms with Gasteiger partial charge in [0.25, 0.3) is 5.56 Å². The van der Waals surface area contributed by atoms with Crippen LogP contribution in [0.4, 0.5) is 0 Å². The lowest BCUT2D eigenvalue weighted by atomic mass is 10.1. The van der Waals surface area contributed by atoms with Crippen molar-refractivity contribution in [3.8, 4) is 11.3 Å². The molecule has 1 fully saturated rings. The van der Waals surface area contributed by atoms with Gasteiger partial charge in [-0.1, -0.05) is 30.3 Å². The minimum atomic E-state index is -0.00654. The molecule has 0 amide bonds. The molecule has 3 rings (SSSR count). The van der Waals surface area contributed by atoms with E-state index in [9.17, 15) is 4.79 Å². The molecule has 1 saturated heterocycles. The highest BCUT2D eigenvalue weighted by Gasteiger charge is 2.12. The Labute approximate surface area is 142 Å². The molecule has 23 heavy (non-hydrogen) atoms. The van der Waals surface area contributed by atoms with Gasteiger partial charge < -0.3 is 4.74 Å². The van der Waals surface area contributed by atoms with E-state index in [0.29, 0.717) is 6.54 Å². The zero-order chi connectivity index (χ0) is 15.4. The molecule has 0 N–H and O–H groups in total. The maximum absolute atomic E-state index is 12.3. The van der Waals surface area contributed by atoms with Gasteiger partial charge in [-0.2, -0.15) is 5.10 Å². The van der Waals surface area contributed by atoms with Crippen molar-refractivity contribution in [2.45, 2.75) is 13.5 Å². The molecule has 0 unspecified atom stereocenters. The number of hydrogen-bond donors (Lipinski definition) is 0. The third-order valence-electron chi connectivity index (χ3n) is 3.95. The molecule has 1 aliphatic rings. The molecule has 124 valence electrons. The highest BCUT2D eigenvalue weighted by atomic mass is 35.5. The number of nitrogens with zero attached hydrogens (tertiary/aromatic N) is 3. The van der Waals surface area contributed by atoms with Crippen LogP contribution in [0.15, 0.2) is 41.2 Å². The summed E-state index contributed by atoms with van der Waals surface area (Å²) in [5.41, 5.74) is 2.61. The first-order chi connectivity index (χ1) is 10.7. The lowest BCUT2D eigenvalue weighted by Gasteiger charge is -2.26. The van der Waals surface area contributed by atoms with Gasteiger partial charge >= 0.3 is 0 Å². The largest absolute Gasteiger partial charge is 0.379 e. The van der Waals surface area contributed by atoms with Gasteiger partial charge in [-0.25, -0.2) is 4.68 Å². The van der Waals surface area contributed by atoms with Crippen LogP contribution in [0.3, 0.4) is 0 Å². The van der Waals surface area contributed by atoms with Crippen LogP contribution < -0.4 is 5.56 Å². The Morgan fingerprint density at radius 3 is 2.52 bits per heavy atom. The van der Waals surface area contributed by atoms with Gasteiger partial charge in [0.05, 0.1) is 25.5 Å². The molecule has 0 spiro atoms. The van der Waals surface area contributed by atoms with Gasteiger partial charge in [0.15, 0.2) is 0 Å². The number of aromatic nitrogens is 2. The summed E-state index contributed by atoms with van der Waals surface area (Å²) in [7, 11) is 0. The number of morpholine rings is 1. The molecule has 5 nitrogen and oxygen atoms in total. The summed E-state index contributed by atoms with van der Waals surface area (Å²) in [5.74, 6) is 0. The van der Waals surface area contributed by atoms with E-state index in [4.69, 9.17) is 4.74 Å². The fraction of sp³-hybridized carbons (Fsp3) is 0.412. The van der Waals surface area contributed by atoms with Gasteiger partial charge in [-0.15, -0.1) is 12.4 Å². The summed E-state index contributed by atoms with van der Waals surface area (Å²) < 4.78 is 6.94. The smallest absolute Gasteiger partial charge is 0.269 e. The summed E-state index contributed by atoms with van der Waals surface area (Å²) in [6.45, 7) is 6.67. The topological polar surface area (TPSA) is 47.4 Å². The van der Waals surface area contributed by atoms with Crippen molar-refractivity contribution in [1.82, 2.24) is 14.7 Å². The molecular formula is C17H22ClN3O2. The van der Waals surface area contributed by atoms with Crippen molar-refractivity contribution in [3.63, 3.8) is 0 Å². The third-order valence-corrected chi connectivity index (χ3v) is 3.95. The first-order valence-electron chi connectivity index (χ1n) is 7.68. The van der Waals surface area contributed by atoms with Gasteiger partial charge in [0, 0.05) is 30.8 Å². The highest BCUT2D eigenvalue weighted by molar-refractivity contribution is 5.85. The summed E-state index contributed by atoms with van der Waals surface area (Å²) in [5, 5.41) is 4.53. The fourth-order valence-corrected chi connectivity index (χ4v) is 2.64. The van der Waals surface area contributed by atoms with Crippen LogP contribution in [0.25, 0.3) is 11.3 Å². The van der Waals surface area contributed by atoms with Crippen LogP contribution in [-0.4, -0.2) is 47.5 Å². The molecule has 1 aliphatic heterocycles. The van der Waals surface area contributed by atoms with E-state index in [2.05, 4.69) is 10.00 Å². The van der Waals surface area contributed by atoms with E-state index in [1.54, 1.807) is 4.68 Å². The molecule has 2 aromatic rings. The van der Waals surface area contributed by atoms with Gasteiger partial charge in [0.2, 0.25) is 0 Å². The van der Waals surface area contributed by atoms with Gasteiger partial charge in [0.1, 0.15) is 0 Å². The molecule has 0 atom stereocenters. The van der Waals surface area contributed by atoms with Crippen LogP contribution in [0.5, 0.6) is 0 Å². The minimum Gasteiger partial charge on any atom is -0.379 e. The first kappa shape index (κ1) is 17.7. The molecule has 2 heterocycles. The van der Waals surface area contributed by atoms with Gasteiger partial charge in [-0.3, -0.25) is 9.69 Å². The predicted octanol–water partition coefficient (Wildman–Crippen LogP) is 1.97. The second-order valence-electron chi connectivity index (χ2n) is 5.56. The maximum Gasteiger partial charge on any atom is 0.269 e. The standard InChI is InChI=1S/C17H21N3O2.ClH/c1-14-13-16(15-5-3-2-4-6-15)18-20(17(14)21)8-7-19-9-11-22-12-10-19;/h2-6,13H,7-12H2,1H3;1H. The average Bonchev–Trinajstić information content (AvgIpc) is 2.58. The van der Waals surface area contributed by atoms with E-state index in [-0.39, 0.29) is 18.0 Å². The normalized spacial score (nSPS) is 15.2. The summed E-state index contributed by atoms with van der Waals surface area (Å²) in [6.07, 6.45) is 0. The highest BCUT2D eigenvalue weighted by Crippen LogP contribution is 2.15. The van der Waals surface area contributed by atoms with Crippen molar-refractivity contribution < 1.29 is 4.74 Å². The molecule has 0 saturated carbocycles. The maximum atomic E-state index is 12.3. The van der Waals surface area contributed by atoms with Crippen molar-refractivity contribution in [2.75, 3.05) is 32.8 Å². The Hall–Kier alpha value is -1.69. The predicted molar refractivity (Wildman–Crippen MR) is 93.2 cm³/mol. The number of aryl methyl sites for hydroxylation is 1. The quantitative estimate of drug-likeness (QED) is 0.857. The number of halogens is 1. The van der Waals surface area contributed by atoms with Crippen LogP contribution in [0, 0.1) is 6.92 Å². The van der Waals surface area contributed by atoms with E-state index in [0.717, 1.165) is 49.7 Å². The lowest BCUT2D eigenvalue weighted by molar-refractivity contribution is 0.0358. The monoisotopic (exact) mass is 335 g/mol. The van der Waals surface area contributed by atoms with Gasteiger partial charge in [-0.05, 0) is 13.0 Å². The molecule has 6 heteroatoms. The van der Waals surface area contributed by atoms with Crippen molar-refractivity contribution >= 4 is 12.4 Å². The molecule has 1 aromatic carbocycles. The van der Waals surface area contributed by atoms with E-state index in [1.165, 1.54) is 0 Å².